The van der Waals surface area contributed by atoms with Crippen LogP contribution in [-0.2, 0) is 11.2 Å². The molecule has 3 aromatic rings. The molecule has 0 saturated carbocycles. The lowest BCUT2D eigenvalue weighted by Crippen LogP contribution is -2.36. The van der Waals surface area contributed by atoms with Gasteiger partial charge in [0.05, 0.1) is 11.4 Å². The van der Waals surface area contributed by atoms with Gasteiger partial charge in [0.2, 0.25) is 0 Å². The molecule has 1 aromatic heterocycles. The van der Waals surface area contributed by atoms with Gasteiger partial charge in [-0.25, -0.2) is 9.07 Å². The van der Waals surface area contributed by atoms with E-state index in [9.17, 15) is 14.4 Å². The fraction of sp³-hybridized carbons (Fsp3) is 0.227. The second kappa shape index (κ2) is 10.1. The smallest absolute Gasteiger partial charge is 0.260 e. The first-order chi connectivity index (χ1) is 14.9. The second-order valence-corrected chi connectivity index (χ2v) is 7.73. The van der Waals surface area contributed by atoms with E-state index in [4.69, 9.17) is 10.5 Å². The molecular weight excluding hydrogens is 465 g/mol. The summed E-state index contributed by atoms with van der Waals surface area (Å²) in [5.41, 5.74) is 7.42. The minimum atomic E-state index is -0.649. The van der Waals surface area contributed by atoms with Gasteiger partial charge in [0.15, 0.2) is 6.10 Å². The van der Waals surface area contributed by atoms with Gasteiger partial charge in [0.1, 0.15) is 29.0 Å². The van der Waals surface area contributed by atoms with Gasteiger partial charge in [0, 0.05) is 11.0 Å². The van der Waals surface area contributed by atoms with E-state index in [1.165, 1.54) is 28.9 Å². The number of nitrogens with two attached hydrogens (primary N) is 1. The van der Waals surface area contributed by atoms with Crippen molar-refractivity contribution in [2.45, 2.75) is 25.9 Å². The van der Waals surface area contributed by atoms with Crippen molar-refractivity contribution in [3.63, 3.8) is 0 Å². The molecule has 0 fully saturated rings. The van der Waals surface area contributed by atoms with Gasteiger partial charge in [-0.2, -0.15) is 10.4 Å². The van der Waals surface area contributed by atoms with Gasteiger partial charge < -0.3 is 15.8 Å². The molecule has 160 valence electrons. The Hall–Kier alpha value is -3.38. The van der Waals surface area contributed by atoms with Gasteiger partial charge in [-0.15, -0.1) is 0 Å². The zero-order valence-electron chi connectivity index (χ0n) is 16.8. The molecule has 7 nitrogen and oxygen atoms in total. The van der Waals surface area contributed by atoms with Crippen LogP contribution in [0, 0.1) is 17.1 Å². The molecule has 9 heteroatoms. The highest BCUT2D eigenvalue weighted by molar-refractivity contribution is 9.10. The normalized spacial score (nSPS) is 11.5. The van der Waals surface area contributed by atoms with E-state index in [1.807, 2.05) is 12.1 Å². The number of benzene rings is 2. The molecule has 2 aromatic carbocycles. The highest BCUT2D eigenvalue weighted by Gasteiger charge is 2.17. The Morgan fingerprint density at radius 1 is 1.29 bits per heavy atom. The minimum Gasteiger partial charge on any atom is -0.481 e. The Bertz CT molecular complexity index is 1090. The van der Waals surface area contributed by atoms with E-state index in [0.717, 1.165) is 4.47 Å². The predicted molar refractivity (Wildman–Crippen MR) is 118 cm³/mol. The van der Waals surface area contributed by atoms with Crippen LogP contribution in [0.4, 0.5) is 10.2 Å². The van der Waals surface area contributed by atoms with Crippen LogP contribution in [-0.4, -0.2) is 28.3 Å². The number of amides is 1. The number of nitrogen functional groups attached to an aromatic ring is 1. The molecule has 0 aliphatic heterocycles. The van der Waals surface area contributed by atoms with Crippen LogP contribution in [0.1, 0.15) is 24.6 Å². The van der Waals surface area contributed by atoms with Crippen LogP contribution in [0.3, 0.4) is 0 Å². The quantitative estimate of drug-likeness (QED) is 0.472. The van der Waals surface area contributed by atoms with E-state index in [-0.39, 0.29) is 23.1 Å². The number of carbonyl (C=O) groups excluding carboxylic acids is 1. The first-order valence-electron chi connectivity index (χ1n) is 9.62. The topological polar surface area (TPSA) is 106 Å². The molecule has 31 heavy (non-hydrogen) atoms. The van der Waals surface area contributed by atoms with Gasteiger partial charge in [0.25, 0.3) is 5.91 Å². The summed E-state index contributed by atoms with van der Waals surface area (Å²) in [5, 5.41) is 16.7. The average molecular weight is 486 g/mol. The molecule has 0 saturated heterocycles. The Kier molecular flexibility index (Phi) is 7.26. The van der Waals surface area contributed by atoms with Crippen molar-refractivity contribution in [3.8, 4) is 17.5 Å². The van der Waals surface area contributed by atoms with Crippen LogP contribution in [0.25, 0.3) is 5.69 Å². The van der Waals surface area contributed by atoms with Gasteiger partial charge in [-0.3, -0.25) is 4.79 Å². The SMILES string of the molecule is CC(Oc1ccc(Br)cc1)C(=O)NCCCc1nn(-c2ccc(F)cc2)c(N)c1C#N. The number of nitrogens with one attached hydrogen (secondary N) is 1. The number of hydrogen-bond donors (Lipinski definition) is 2. The number of aromatic nitrogens is 2. The highest BCUT2D eigenvalue weighted by atomic mass is 79.9. The predicted octanol–water partition coefficient (Wildman–Crippen LogP) is 3.74. The number of rotatable bonds is 8. The van der Waals surface area contributed by atoms with E-state index in [1.54, 1.807) is 19.1 Å². The summed E-state index contributed by atoms with van der Waals surface area (Å²) in [6.45, 7) is 2.07. The molecule has 3 rings (SSSR count). The maximum absolute atomic E-state index is 13.2. The first kappa shape index (κ1) is 22.3. The molecule has 1 heterocycles. The van der Waals surface area contributed by atoms with Crippen molar-refractivity contribution < 1.29 is 13.9 Å². The molecule has 1 atom stereocenters. The van der Waals surface area contributed by atoms with E-state index in [0.29, 0.717) is 36.5 Å². The second-order valence-electron chi connectivity index (χ2n) is 6.82. The molecule has 3 N–H and O–H groups in total. The Balaban J connectivity index is 1.54. The third-order valence-electron chi connectivity index (χ3n) is 4.56. The lowest BCUT2D eigenvalue weighted by atomic mass is 10.1. The van der Waals surface area contributed by atoms with Crippen LogP contribution < -0.4 is 15.8 Å². The zero-order chi connectivity index (χ0) is 22.4. The van der Waals surface area contributed by atoms with E-state index < -0.39 is 6.10 Å². The van der Waals surface area contributed by atoms with Crippen LogP contribution in [0.2, 0.25) is 0 Å². The number of halogens is 2. The van der Waals surface area contributed by atoms with Crippen LogP contribution in [0.5, 0.6) is 5.75 Å². The molecule has 1 unspecified atom stereocenters. The van der Waals surface area contributed by atoms with Crippen molar-refractivity contribution >= 4 is 27.7 Å². The van der Waals surface area contributed by atoms with Gasteiger partial charge in [-0.05, 0) is 68.3 Å². The number of nitrogens with zero attached hydrogens (tertiary/aromatic N) is 3. The maximum Gasteiger partial charge on any atom is 0.260 e. The van der Waals surface area contributed by atoms with Crippen LogP contribution in [0.15, 0.2) is 53.0 Å². The Labute approximate surface area is 187 Å². The molecule has 0 radical (unpaired) electrons. The average Bonchev–Trinajstić information content (AvgIpc) is 3.08. The van der Waals surface area contributed by atoms with Crippen molar-refractivity contribution in [1.82, 2.24) is 15.1 Å². The number of anilines is 1. The summed E-state index contributed by atoms with van der Waals surface area (Å²) in [6, 6.07) is 15.0. The van der Waals surface area contributed by atoms with Crippen molar-refractivity contribution in [1.29, 1.82) is 5.26 Å². The van der Waals surface area contributed by atoms with E-state index >= 15 is 0 Å². The summed E-state index contributed by atoms with van der Waals surface area (Å²) >= 11 is 3.35. The summed E-state index contributed by atoms with van der Waals surface area (Å²) in [5.74, 6) is 0.194. The van der Waals surface area contributed by atoms with Crippen molar-refractivity contribution in [2.24, 2.45) is 0 Å². The Morgan fingerprint density at radius 3 is 2.61 bits per heavy atom. The van der Waals surface area contributed by atoms with Crippen molar-refractivity contribution in [2.75, 3.05) is 12.3 Å². The van der Waals surface area contributed by atoms with Gasteiger partial charge >= 0.3 is 0 Å². The Morgan fingerprint density at radius 2 is 1.97 bits per heavy atom. The lowest BCUT2D eigenvalue weighted by Gasteiger charge is -2.14. The zero-order valence-corrected chi connectivity index (χ0v) is 18.4. The van der Waals surface area contributed by atoms with E-state index in [2.05, 4.69) is 32.4 Å². The number of nitriles is 1. The molecule has 0 bridgehead atoms. The highest BCUT2D eigenvalue weighted by Crippen LogP contribution is 2.22. The van der Waals surface area contributed by atoms with Crippen molar-refractivity contribution in [3.05, 3.63) is 70.1 Å². The fourth-order valence-electron chi connectivity index (χ4n) is 2.94. The number of carbonyl (C=O) groups is 1. The number of hydrogen-bond acceptors (Lipinski definition) is 5. The summed E-state index contributed by atoms with van der Waals surface area (Å²) in [7, 11) is 0. The lowest BCUT2D eigenvalue weighted by molar-refractivity contribution is -0.127. The monoisotopic (exact) mass is 485 g/mol. The molecule has 0 spiro atoms. The first-order valence-corrected chi connectivity index (χ1v) is 10.4. The third-order valence-corrected chi connectivity index (χ3v) is 5.09. The summed E-state index contributed by atoms with van der Waals surface area (Å²) in [6.07, 6.45) is 0.360. The molecule has 1 amide bonds. The fourth-order valence-corrected chi connectivity index (χ4v) is 3.20. The minimum absolute atomic E-state index is 0.199. The van der Waals surface area contributed by atoms with Gasteiger partial charge in [-0.1, -0.05) is 15.9 Å². The molecule has 0 aliphatic rings. The number of ether oxygens (including phenoxy) is 1. The summed E-state index contributed by atoms with van der Waals surface area (Å²) in [4.78, 5) is 12.3. The summed E-state index contributed by atoms with van der Waals surface area (Å²) < 4.78 is 21.1. The third kappa shape index (κ3) is 5.61. The number of aryl methyl sites for hydroxylation is 1. The van der Waals surface area contributed by atoms with Crippen LogP contribution >= 0.6 is 15.9 Å². The molecular formula is C22H21BrFN5O2. The standard InChI is InChI=1S/C22H21BrFN5O2/c1-14(31-18-10-4-15(23)5-11-18)22(30)27-12-2-3-20-19(13-25)21(26)29(28-20)17-8-6-16(24)7-9-17/h4-11,14H,2-3,12,26H2,1H3,(H,27,30). The largest absolute Gasteiger partial charge is 0.481 e. The molecule has 0 aliphatic carbocycles. The maximum atomic E-state index is 13.2.